The van der Waals surface area contributed by atoms with E-state index in [0.717, 1.165) is 43.9 Å². The lowest BCUT2D eigenvalue weighted by Crippen LogP contribution is -2.58. The minimum atomic E-state index is -5.08. The molecule has 4 heterocycles. The summed E-state index contributed by atoms with van der Waals surface area (Å²) in [6, 6.07) is 2.71. The van der Waals surface area contributed by atoms with E-state index in [1.54, 1.807) is 0 Å². The fourth-order valence-corrected chi connectivity index (χ4v) is 4.36. The van der Waals surface area contributed by atoms with E-state index in [-0.39, 0.29) is 11.1 Å². The number of nitrogens with one attached hydrogen (secondary N) is 2. The molecule has 4 aliphatic rings. The average molecular weight is 490 g/mol. The van der Waals surface area contributed by atoms with Crippen LogP contribution in [0.15, 0.2) is 12.1 Å². The summed E-state index contributed by atoms with van der Waals surface area (Å²) in [7, 11) is 0. The van der Waals surface area contributed by atoms with E-state index in [0.29, 0.717) is 24.1 Å². The number of piperidine rings is 1. The number of alkyl halides is 3. The number of aliphatic carboxylic acids is 1. The van der Waals surface area contributed by atoms with Gasteiger partial charge in [0.25, 0.3) is 11.8 Å². The Morgan fingerprint density at radius 3 is 2.18 bits per heavy atom. The lowest BCUT2D eigenvalue weighted by Gasteiger charge is -2.49. The van der Waals surface area contributed by atoms with Crippen LogP contribution in [-0.2, 0) is 14.5 Å². The largest absolute Gasteiger partial charge is 0.490 e. The van der Waals surface area contributed by atoms with Crippen LogP contribution in [0.2, 0.25) is 0 Å². The van der Waals surface area contributed by atoms with Crippen molar-refractivity contribution >= 4 is 23.5 Å². The van der Waals surface area contributed by atoms with Gasteiger partial charge in [-0.2, -0.15) is 13.2 Å². The molecule has 0 bridgehead atoms. The van der Waals surface area contributed by atoms with Crippen molar-refractivity contribution in [3.8, 4) is 0 Å². The molecular weight excluding hydrogens is 468 g/mol. The van der Waals surface area contributed by atoms with Crippen molar-refractivity contribution in [3.63, 3.8) is 0 Å². The molecule has 14 heteroatoms. The van der Waals surface area contributed by atoms with Gasteiger partial charge in [0, 0.05) is 32.6 Å². The van der Waals surface area contributed by atoms with Gasteiger partial charge in [0.1, 0.15) is 5.82 Å². The van der Waals surface area contributed by atoms with Crippen molar-refractivity contribution in [3.05, 3.63) is 29.1 Å². The van der Waals surface area contributed by atoms with Crippen molar-refractivity contribution in [2.24, 2.45) is 5.41 Å². The fourth-order valence-electron chi connectivity index (χ4n) is 4.36. The van der Waals surface area contributed by atoms with Crippen LogP contribution in [0.4, 0.5) is 23.2 Å². The van der Waals surface area contributed by atoms with Crippen LogP contribution in [0, 0.1) is 11.2 Å². The Bertz CT molecular complexity index is 984. The first-order valence-corrected chi connectivity index (χ1v) is 10.5. The first kappa shape index (κ1) is 24.3. The van der Waals surface area contributed by atoms with Crippen molar-refractivity contribution in [1.29, 1.82) is 0 Å². The molecule has 0 saturated carbocycles. The number of amides is 2. The Morgan fingerprint density at radius 2 is 1.71 bits per heavy atom. The molecule has 0 aliphatic carbocycles. The Balaban J connectivity index is 0.000000344. The molecule has 1 atom stereocenters. The third-order valence-corrected chi connectivity index (χ3v) is 6.39. The summed E-state index contributed by atoms with van der Waals surface area (Å²) in [5.74, 6) is -4.22. The molecule has 1 spiro atoms. The van der Waals surface area contributed by atoms with Crippen LogP contribution in [0.5, 0.6) is 0 Å². The standard InChI is InChI=1S/C18H21FN4O4.C2HF3O2/c19-13-7-11-12(17(25)23(16(11)24)15-1-6-26-21-27-15)8-14(13)22-4-2-18(3-5-22)9-20-10-18;3-2(4,5)1(6)7/h7-8,15,20-21H,1-6,9-10H2;(H,6,7). The second kappa shape index (κ2) is 9.09. The van der Waals surface area contributed by atoms with Gasteiger partial charge in [-0.05, 0) is 30.4 Å². The van der Waals surface area contributed by atoms with Gasteiger partial charge in [-0.1, -0.05) is 5.64 Å². The Labute approximate surface area is 190 Å². The van der Waals surface area contributed by atoms with Crippen LogP contribution in [0.25, 0.3) is 0 Å². The molecule has 10 nitrogen and oxygen atoms in total. The molecule has 3 fully saturated rings. The number of imide groups is 1. The highest BCUT2D eigenvalue weighted by Crippen LogP contribution is 2.38. The Kier molecular flexibility index (Phi) is 6.50. The predicted molar refractivity (Wildman–Crippen MR) is 106 cm³/mol. The van der Waals surface area contributed by atoms with Gasteiger partial charge in [-0.25, -0.2) is 14.1 Å². The average Bonchev–Trinajstić information content (AvgIpc) is 3.02. The number of carboxylic acids is 1. The van der Waals surface area contributed by atoms with Gasteiger partial charge in [-0.15, -0.1) is 0 Å². The molecule has 0 aromatic heterocycles. The van der Waals surface area contributed by atoms with Gasteiger partial charge in [-0.3, -0.25) is 19.3 Å². The lowest BCUT2D eigenvalue weighted by atomic mass is 9.73. The molecule has 0 radical (unpaired) electrons. The zero-order valence-electron chi connectivity index (χ0n) is 17.8. The van der Waals surface area contributed by atoms with E-state index >= 15 is 0 Å². The highest BCUT2D eigenvalue weighted by molar-refractivity contribution is 6.21. The molecule has 186 valence electrons. The number of nitrogens with zero attached hydrogens (tertiary/aromatic N) is 2. The van der Waals surface area contributed by atoms with Gasteiger partial charge in [0.15, 0.2) is 6.23 Å². The summed E-state index contributed by atoms with van der Waals surface area (Å²) >= 11 is 0. The summed E-state index contributed by atoms with van der Waals surface area (Å²) in [6.45, 7) is 3.84. The number of rotatable bonds is 2. The topological polar surface area (TPSA) is 120 Å². The number of hydrogen-bond acceptors (Lipinski definition) is 8. The number of fused-ring (bicyclic) bond motifs is 1. The van der Waals surface area contributed by atoms with E-state index < -0.39 is 36.0 Å². The summed E-state index contributed by atoms with van der Waals surface area (Å²) in [6.07, 6.45) is -3.50. The van der Waals surface area contributed by atoms with Gasteiger partial charge < -0.3 is 15.3 Å². The number of benzene rings is 1. The Hall–Kier alpha value is -2.81. The minimum absolute atomic E-state index is 0.0908. The summed E-state index contributed by atoms with van der Waals surface area (Å²) in [4.78, 5) is 47.4. The second-order valence-electron chi connectivity index (χ2n) is 8.52. The SMILES string of the molecule is O=C(O)C(F)(F)F.O=C1c2cc(F)c(N3CCC4(CC3)CNC4)cc2C(=O)N1C1CCONO1. The highest BCUT2D eigenvalue weighted by Gasteiger charge is 2.44. The Morgan fingerprint density at radius 1 is 1.12 bits per heavy atom. The third kappa shape index (κ3) is 4.58. The van der Waals surface area contributed by atoms with Crippen molar-refractivity contribution in [2.75, 3.05) is 37.7 Å². The van der Waals surface area contributed by atoms with E-state index in [2.05, 4.69) is 11.0 Å². The number of hydrogen-bond donors (Lipinski definition) is 3. The van der Waals surface area contributed by atoms with Crippen molar-refractivity contribution in [1.82, 2.24) is 15.9 Å². The zero-order chi connectivity index (χ0) is 24.7. The van der Waals surface area contributed by atoms with Crippen molar-refractivity contribution in [2.45, 2.75) is 31.7 Å². The van der Waals surface area contributed by atoms with Crippen LogP contribution < -0.4 is 15.9 Å². The second-order valence-corrected chi connectivity index (χ2v) is 8.52. The van der Waals surface area contributed by atoms with Crippen LogP contribution in [0.3, 0.4) is 0 Å². The van der Waals surface area contributed by atoms with Crippen LogP contribution >= 0.6 is 0 Å². The maximum Gasteiger partial charge on any atom is 0.490 e. The molecule has 1 unspecified atom stereocenters. The third-order valence-electron chi connectivity index (χ3n) is 6.39. The highest BCUT2D eigenvalue weighted by atomic mass is 19.4. The van der Waals surface area contributed by atoms with E-state index in [1.165, 1.54) is 12.1 Å². The summed E-state index contributed by atoms with van der Waals surface area (Å²) in [5, 5.41) is 10.4. The number of anilines is 1. The summed E-state index contributed by atoms with van der Waals surface area (Å²) < 4.78 is 46.5. The number of halogens is 4. The molecule has 34 heavy (non-hydrogen) atoms. The zero-order valence-corrected chi connectivity index (χ0v) is 17.8. The van der Waals surface area contributed by atoms with Crippen LogP contribution in [0.1, 0.15) is 40.0 Å². The minimum Gasteiger partial charge on any atom is -0.475 e. The molecule has 1 aromatic rings. The molecular formula is C20H22F4N4O6. The number of carbonyl (C=O) groups is 3. The first-order valence-electron chi connectivity index (χ1n) is 10.5. The summed E-state index contributed by atoms with van der Waals surface area (Å²) in [5.41, 5.74) is 3.30. The lowest BCUT2D eigenvalue weighted by molar-refractivity contribution is -0.259. The smallest absolute Gasteiger partial charge is 0.475 e. The van der Waals surface area contributed by atoms with Crippen molar-refractivity contribution < 1.29 is 46.7 Å². The van der Waals surface area contributed by atoms with E-state index in [4.69, 9.17) is 19.6 Å². The number of carboxylic acid groups (broad SMARTS) is 1. The van der Waals surface area contributed by atoms with Gasteiger partial charge in [0.05, 0.1) is 23.4 Å². The molecule has 4 aliphatic heterocycles. The van der Waals surface area contributed by atoms with Crippen LogP contribution in [-0.4, -0.2) is 73.0 Å². The van der Waals surface area contributed by atoms with E-state index in [1.807, 2.05) is 4.90 Å². The maximum absolute atomic E-state index is 14.8. The normalized spacial score (nSPS) is 23.8. The predicted octanol–water partition coefficient (Wildman–Crippen LogP) is 1.43. The van der Waals surface area contributed by atoms with Gasteiger partial charge >= 0.3 is 12.1 Å². The number of carbonyl (C=O) groups excluding carboxylic acids is 2. The maximum atomic E-state index is 14.8. The first-order chi connectivity index (χ1) is 16.0. The fraction of sp³-hybridized carbons (Fsp3) is 0.550. The van der Waals surface area contributed by atoms with E-state index in [9.17, 15) is 27.2 Å². The molecule has 1 aromatic carbocycles. The monoisotopic (exact) mass is 490 g/mol. The molecule has 3 N–H and O–H groups in total. The molecule has 5 rings (SSSR count). The molecule has 3 saturated heterocycles. The molecule has 2 amide bonds. The quantitative estimate of drug-likeness (QED) is 0.418. The van der Waals surface area contributed by atoms with Gasteiger partial charge in [0.2, 0.25) is 0 Å².